The summed E-state index contributed by atoms with van der Waals surface area (Å²) in [5, 5.41) is 17.9. The van der Waals surface area contributed by atoms with Gasteiger partial charge in [0.1, 0.15) is 12.3 Å². The summed E-state index contributed by atoms with van der Waals surface area (Å²) in [5.74, 6) is -3.30. The van der Waals surface area contributed by atoms with E-state index >= 15 is 0 Å². The first-order valence-corrected chi connectivity index (χ1v) is 13.5. The highest BCUT2D eigenvalue weighted by Crippen LogP contribution is 2.42. The molecule has 0 bridgehead atoms. The molecule has 3 aromatic heterocycles. The number of imidazole rings is 1. The zero-order valence-electron chi connectivity index (χ0n) is 21.6. The summed E-state index contributed by atoms with van der Waals surface area (Å²) in [6.45, 7) is 1.64. The Balaban J connectivity index is 1.25. The van der Waals surface area contributed by atoms with Crippen LogP contribution in [0.3, 0.4) is 0 Å². The summed E-state index contributed by atoms with van der Waals surface area (Å²) in [7, 11) is 0. The number of nitrogens with one attached hydrogen (secondary N) is 2. The Kier molecular flexibility index (Phi) is 6.77. The van der Waals surface area contributed by atoms with Gasteiger partial charge >= 0.3 is 0 Å². The van der Waals surface area contributed by atoms with Crippen molar-refractivity contribution in [3.63, 3.8) is 0 Å². The molecule has 0 unspecified atom stereocenters. The number of nitrogens with zero attached hydrogens (tertiary/aromatic N) is 5. The van der Waals surface area contributed by atoms with Crippen LogP contribution in [-0.2, 0) is 9.53 Å². The lowest BCUT2D eigenvalue weighted by Crippen LogP contribution is -2.37. The molecule has 0 aromatic carbocycles. The predicted octanol–water partition coefficient (Wildman–Crippen LogP) is 3.46. The van der Waals surface area contributed by atoms with Crippen LogP contribution < -0.4 is 10.6 Å². The topological polar surface area (TPSA) is 137 Å². The van der Waals surface area contributed by atoms with Gasteiger partial charge in [0.2, 0.25) is 11.8 Å². The summed E-state index contributed by atoms with van der Waals surface area (Å²) in [4.78, 5) is 30.3. The van der Waals surface area contributed by atoms with E-state index in [0.29, 0.717) is 23.0 Å². The van der Waals surface area contributed by atoms with Crippen LogP contribution in [0.25, 0.3) is 5.65 Å². The van der Waals surface area contributed by atoms with Crippen molar-refractivity contribution in [2.75, 3.05) is 6.61 Å². The van der Waals surface area contributed by atoms with Gasteiger partial charge in [-0.2, -0.15) is 5.10 Å². The maximum absolute atomic E-state index is 13.9. The molecule has 3 aliphatic carbocycles. The molecule has 0 spiro atoms. The number of aromatic nitrogens is 5. The molecule has 0 radical (unpaired) electrons. The molecule has 0 saturated heterocycles. The molecule has 3 heterocycles. The van der Waals surface area contributed by atoms with E-state index < -0.39 is 17.9 Å². The van der Waals surface area contributed by atoms with Crippen LogP contribution in [0.1, 0.15) is 90.9 Å². The second kappa shape index (κ2) is 10.2. The van der Waals surface area contributed by atoms with Crippen molar-refractivity contribution in [3.8, 4) is 0 Å². The maximum Gasteiger partial charge on any atom is 0.276 e. The number of rotatable bonds is 10. The van der Waals surface area contributed by atoms with E-state index in [0.717, 1.165) is 31.2 Å². The molecule has 2 atom stereocenters. The minimum Gasteiger partial charge on any atom is -0.368 e. The van der Waals surface area contributed by atoms with Crippen LogP contribution in [-0.4, -0.2) is 55.4 Å². The van der Waals surface area contributed by atoms with Crippen molar-refractivity contribution in [1.82, 2.24) is 35.5 Å². The zero-order chi connectivity index (χ0) is 27.1. The van der Waals surface area contributed by atoms with E-state index in [1.807, 2.05) is 6.07 Å². The van der Waals surface area contributed by atoms with Gasteiger partial charge in [-0.15, -0.1) is 0 Å². The third-order valence-corrected chi connectivity index (χ3v) is 7.81. The van der Waals surface area contributed by atoms with Gasteiger partial charge in [0.15, 0.2) is 11.3 Å². The largest absolute Gasteiger partial charge is 0.368 e. The Morgan fingerprint density at radius 1 is 1.10 bits per heavy atom. The van der Waals surface area contributed by atoms with E-state index in [9.17, 15) is 18.4 Å². The number of halogens is 2. The molecule has 3 saturated carbocycles. The van der Waals surface area contributed by atoms with Gasteiger partial charge < -0.3 is 15.4 Å². The van der Waals surface area contributed by atoms with Gasteiger partial charge in [-0.25, -0.2) is 22.9 Å². The van der Waals surface area contributed by atoms with Gasteiger partial charge in [0.25, 0.3) is 5.91 Å². The summed E-state index contributed by atoms with van der Waals surface area (Å²) < 4.78 is 39.7. The first-order valence-electron chi connectivity index (χ1n) is 13.5. The lowest BCUT2D eigenvalue weighted by molar-refractivity contribution is -0.127. The number of hydrogen-bond donors (Lipinski definition) is 2. The van der Waals surface area contributed by atoms with Crippen LogP contribution in [0, 0.1) is 18.8 Å². The van der Waals surface area contributed by atoms with Crippen molar-refractivity contribution >= 4 is 17.5 Å². The Labute approximate surface area is 223 Å². The Morgan fingerprint density at radius 2 is 1.85 bits per heavy atom. The smallest absolute Gasteiger partial charge is 0.276 e. The monoisotopic (exact) mass is 543 g/mol. The van der Waals surface area contributed by atoms with Crippen LogP contribution in [0.2, 0.25) is 0 Å². The van der Waals surface area contributed by atoms with E-state index in [1.54, 1.807) is 23.8 Å². The van der Waals surface area contributed by atoms with E-state index in [1.165, 1.54) is 0 Å². The Bertz CT molecular complexity index is 1360. The zero-order valence-corrected chi connectivity index (χ0v) is 21.6. The fraction of sp³-hybridized carbons (Fsp3) is 0.615. The number of aryl methyl sites for hydroxylation is 1. The predicted molar refractivity (Wildman–Crippen MR) is 132 cm³/mol. The highest BCUT2D eigenvalue weighted by molar-refractivity contribution is 5.93. The molecule has 13 heteroatoms. The SMILES string of the molecule is Cc1nonc1C(=O)N[C@H](c1cn2ncc([C@H](NC(=O)COC3CC3)C3CC3)cc2n1)C1CCC(F)(F)CC1. The molecule has 2 N–H and O–H groups in total. The average molecular weight is 544 g/mol. The van der Waals surface area contributed by atoms with E-state index in [-0.39, 0.29) is 62.0 Å². The second-order valence-corrected chi connectivity index (χ2v) is 11.0. The van der Waals surface area contributed by atoms with Crippen LogP contribution >= 0.6 is 0 Å². The summed E-state index contributed by atoms with van der Waals surface area (Å²) in [6, 6.07) is 1.05. The van der Waals surface area contributed by atoms with Crippen LogP contribution in [0.5, 0.6) is 0 Å². The number of carbonyl (C=O) groups is 2. The van der Waals surface area contributed by atoms with Gasteiger partial charge in [-0.05, 0) is 74.1 Å². The number of hydrogen-bond acceptors (Lipinski definition) is 8. The number of carbonyl (C=O) groups excluding carboxylic acids is 2. The molecular formula is C26H31F2N7O4. The molecule has 3 aromatic rings. The molecule has 3 fully saturated rings. The van der Waals surface area contributed by atoms with Gasteiger partial charge in [-0.1, -0.05) is 5.16 Å². The standard InChI is InChI=1S/C26H31F2N7O4/c1-14-22(34-39-33-14)25(37)32-24(16-6-8-26(27,28)9-7-16)19-12-35-20(30-19)10-17(11-29-35)23(15-2-3-15)31-21(36)13-38-18-4-5-18/h10-12,15-16,18,23-24H,2-9,13H2,1H3,(H,31,36)(H,32,37)/t23-,24+/m1/s1. The third kappa shape index (κ3) is 5.92. The first-order chi connectivity index (χ1) is 18.8. The van der Waals surface area contributed by atoms with E-state index in [2.05, 4.69) is 30.7 Å². The van der Waals surface area contributed by atoms with Crippen molar-refractivity contribution in [1.29, 1.82) is 0 Å². The highest BCUT2D eigenvalue weighted by atomic mass is 19.3. The van der Waals surface area contributed by atoms with Crippen molar-refractivity contribution in [2.24, 2.45) is 11.8 Å². The summed E-state index contributed by atoms with van der Waals surface area (Å²) >= 11 is 0. The fourth-order valence-electron chi connectivity index (χ4n) is 5.25. The van der Waals surface area contributed by atoms with Gasteiger partial charge in [0.05, 0.1) is 36.3 Å². The lowest BCUT2D eigenvalue weighted by Gasteiger charge is -2.33. The van der Waals surface area contributed by atoms with Crippen molar-refractivity contribution in [3.05, 3.63) is 41.1 Å². The minimum absolute atomic E-state index is 0.0407. The lowest BCUT2D eigenvalue weighted by atomic mass is 9.81. The molecule has 39 heavy (non-hydrogen) atoms. The second-order valence-electron chi connectivity index (χ2n) is 11.0. The van der Waals surface area contributed by atoms with E-state index in [4.69, 9.17) is 9.72 Å². The summed E-state index contributed by atoms with van der Waals surface area (Å²) in [5.41, 5.74) is 2.26. The molecule has 2 amide bonds. The fourth-order valence-corrected chi connectivity index (χ4v) is 5.25. The van der Waals surface area contributed by atoms with Crippen molar-refractivity contribution in [2.45, 2.75) is 82.4 Å². The normalized spacial score (nSPS) is 21.0. The molecule has 3 aliphatic rings. The Hall–Kier alpha value is -3.48. The minimum atomic E-state index is -2.71. The molecule has 208 valence electrons. The third-order valence-electron chi connectivity index (χ3n) is 7.81. The number of amides is 2. The molecule has 0 aliphatic heterocycles. The molecule has 11 nitrogen and oxygen atoms in total. The summed E-state index contributed by atoms with van der Waals surface area (Å²) in [6.07, 6.45) is 7.61. The number of alkyl halides is 2. The highest BCUT2D eigenvalue weighted by Gasteiger charge is 2.40. The van der Waals surface area contributed by atoms with Gasteiger partial charge in [0, 0.05) is 12.8 Å². The Morgan fingerprint density at radius 3 is 2.51 bits per heavy atom. The molecule has 6 rings (SSSR count). The van der Waals surface area contributed by atoms with Crippen LogP contribution in [0.4, 0.5) is 8.78 Å². The number of fused-ring (bicyclic) bond motifs is 1. The van der Waals surface area contributed by atoms with Gasteiger partial charge in [-0.3, -0.25) is 9.59 Å². The first kappa shape index (κ1) is 25.8. The maximum atomic E-state index is 13.9. The average Bonchev–Trinajstić information content (AvgIpc) is 3.83. The van der Waals surface area contributed by atoms with Crippen molar-refractivity contribution < 1.29 is 27.7 Å². The number of ether oxygens (including phenoxy) is 1. The quantitative estimate of drug-likeness (QED) is 0.397. The van der Waals surface area contributed by atoms with Crippen LogP contribution in [0.15, 0.2) is 23.1 Å². The molecular weight excluding hydrogens is 512 g/mol.